The number of anilines is 1. The van der Waals surface area contributed by atoms with Crippen molar-refractivity contribution in [3.63, 3.8) is 0 Å². The molecule has 1 spiro atoms. The maximum atomic E-state index is 12.3. The first-order chi connectivity index (χ1) is 10.6. The minimum Gasteiger partial charge on any atom is -0.488 e. The largest absolute Gasteiger partial charge is 0.488 e. The standard InChI is InChI=1S/C16H20F2N2O2.ClH/c17-14(18)10-22-12-3-1-11(2-4-12)20-15(21)13-9-16(13)5-7-19-8-6-16;/h1-4,13-14,19H,5-10H2,(H,20,21);1H. The van der Waals surface area contributed by atoms with E-state index in [9.17, 15) is 13.6 Å². The zero-order valence-electron chi connectivity index (χ0n) is 12.7. The Labute approximate surface area is 140 Å². The predicted octanol–water partition coefficient (Wildman–Crippen LogP) is 3.08. The molecule has 1 saturated carbocycles. The predicted molar refractivity (Wildman–Crippen MR) is 86.5 cm³/mol. The SMILES string of the molecule is Cl.O=C(Nc1ccc(OCC(F)F)cc1)C1CC12CCNCC2. The third-order valence-electron chi connectivity index (χ3n) is 4.60. The van der Waals surface area contributed by atoms with Gasteiger partial charge in [0.05, 0.1) is 0 Å². The van der Waals surface area contributed by atoms with Crippen LogP contribution in [0.4, 0.5) is 14.5 Å². The van der Waals surface area contributed by atoms with E-state index in [1.807, 2.05) is 0 Å². The van der Waals surface area contributed by atoms with Gasteiger partial charge in [-0.05, 0) is 62.0 Å². The Morgan fingerprint density at radius 3 is 2.57 bits per heavy atom. The van der Waals surface area contributed by atoms with E-state index in [1.165, 1.54) is 0 Å². The van der Waals surface area contributed by atoms with Crippen molar-refractivity contribution >= 4 is 24.0 Å². The average Bonchev–Trinajstić information content (AvgIpc) is 3.20. The monoisotopic (exact) mass is 346 g/mol. The van der Waals surface area contributed by atoms with Crippen molar-refractivity contribution in [3.8, 4) is 5.75 Å². The Bertz CT molecular complexity index is 533. The van der Waals surface area contributed by atoms with E-state index in [0.29, 0.717) is 11.4 Å². The lowest BCUT2D eigenvalue weighted by Gasteiger charge is -2.23. The minimum atomic E-state index is -2.49. The molecular weight excluding hydrogens is 326 g/mol. The van der Waals surface area contributed by atoms with E-state index in [-0.39, 0.29) is 29.6 Å². The van der Waals surface area contributed by atoms with E-state index < -0.39 is 13.0 Å². The summed E-state index contributed by atoms with van der Waals surface area (Å²) < 4.78 is 29.0. The van der Waals surface area contributed by atoms with Gasteiger partial charge in [-0.1, -0.05) is 0 Å². The summed E-state index contributed by atoms with van der Waals surface area (Å²) >= 11 is 0. The third-order valence-corrected chi connectivity index (χ3v) is 4.60. The fourth-order valence-corrected chi connectivity index (χ4v) is 3.22. The summed E-state index contributed by atoms with van der Waals surface area (Å²) in [7, 11) is 0. The van der Waals surface area contributed by atoms with E-state index in [2.05, 4.69) is 10.6 Å². The van der Waals surface area contributed by atoms with Crippen LogP contribution < -0.4 is 15.4 Å². The van der Waals surface area contributed by atoms with Gasteiger partial charge in [-0.15, -0.1) is 12.4 Å². The van der Waals surface area contributed by atoms with Gasteiger partial charge in [-0.25, -0.2) is 8.78 Å². The smallest absolute Gasteiger partial charge is 0.272 e. The fourth-order valence-electron chi connectivity index (χ4n) is 3.22. The molecule has 4 nitrogen and oxygen atoms in total. The van der Waals surface area contributed by atoms with Crippen LogP contribution in [-0.2, 0) is 4.79 Å². The van der Waals surface area contributed by atoms with Crippen molar-refractivity contribution in [1.29, 1.82) is 0 Å². The van der Waals surface area contributed by atoms with Gasteiger partial charge in [0.25, 0.3) is 6.43 Å². The van der Waals surface area contributed by atoms with Gasteiger partial charge in [0, 0.05) is 11.6 Å². The summed E-state index contributed by atoms with van der Waals surface area (Å²) in [5.41, 5.74) is 0.876. The summed E-state index contributed by atoms with van der Waals surface area (Å²) in [6.07, 6.45) is 0.600. The molecular formula is C16H21ClF2N2O2. The molecule has 1 aromatic carbocycles. The summed E-state index contributed by atoms with van der Waals surface area (Å²) in [4.78, 5) is 12.3. The summed E-state index contributed by atoms with van der Waals surface area (Å²) in [5, 5.41) is 6.22. The number of alkyl halides is 2. The molecule has 1 saturated heterocycles. The Morgan fingerprint density at radius 2 is 1.96 bits per heavy atom. The van der Waals surface area contributed by atoms with Gasteiger partial charge in [-0.2, -0.15) is 0 Å². The molecule has 1 aliphatic heterocycles. The molecule has 7 heteroatoms. The number of hydrogen-bond acceptors (Lipinski definition) is 3. The lowest BCUT2D eigenvalue weighted by atomic mass is 9.92. The molecule has 1 heterocycles. The fraction of sp³-hybridized carbons (Fsp3) is 0.562. The van der Waals surface area contributed by atoms with E-state index >= 15 is 0 Å². The molecule has 2 aliphatic rings. The molecule has 1 amide bonds. The van der Waals surface area contributed by atoms with Crippen LogP contribution >= 0.6 is 12.4 Å². The van der Waals surface area contributed by atoms with Crippen LogP contribution in [-0.4, -0.2) is 32.0 Å². The van der Waals surface area contributed by atoms with Gasteiger partial charge in [0.2, 0.25) is 5.91 Å². The molecule has 0 radical (unpaired) electrons. The second-order valence-electron chi connectivity index (χ2n) is 6.08. The van der Waals surface area contributed by atoms with E-state index in [1.54, 1.807) is 24.3 Å². The van der Waals surface area contributed by atoms with Gasteiger partial charge < -0.3 is 15.4 Å². The quantitative estimate of drug-likeness (QED) is 0.861. The van der Waals surface area contributed by atoms with Gasteiger partial charge in [0.15, 0.2) is 0 Å². The normalized spacial score (nSPS) is 21.6. The number of nitrogens with one attached hydrogen (secondary N) is 2. The third kappa shape index (κ3) is 4.32. The van der Waals surface area contributed by atoms with Crippen LogP contribution in [0.2, 0.25) is 0 Å². The highest BCUT2D eigenvalue weighted by Crippen LogP contribution is 2.58. The number of benzene rings is 1. The molecule has 2 N–H and O–H groups in total. The Balaban J connectivity index is 0.00000192. The maximum Gasteiger partial charge on any atom is 0.272 e. The zero-order valence-corrected chi connectivity index (χ0v) is 13.5. The highest BCUT2D eigenvalue weighted by Gasteiger charge is 2.57. The van der Waals surface area contributed by atoms with Crippen LogP contribution in [0.3, 0.4) is 0 Å². The lowest BCUT2D eigenvalue weighted by Crippen LogP contribution is -2.31. The molecule has 0 aromatic heterocycles. The number of halogens is 3. The second kappa shape index (κ2) is 7.45. The average molecular weight is 347 g/mol. The van der Waals surface area contributed by atoms with Crippen LogP contribution in [0, 0.1) is 11.3 Å². The Hall–Kier alpha value is -1.40. The molecule has 1 atom stereocenters. The number of piperidine rings is 1. The second-order valence-corrected chi connectivity index (χ2v) is 6.08. The van der Waals surface area contributed by atoms with Crippen LogP contribution in [0.1, 0.15) is 19.3 Å². The number of carbonyl (C=O) groups is 1. The highest BCUT2D eigenvalue weighted by molar-refractivity contribution is 5.95. The summed E-state index contributed by atoms with van der Waals surface area (Å²) in [6.45, 7) is 1.35. The van der Waals surface area contributed by atoms with Crippen molar-refractivity contribution in [1.82, 2.24) is 5.32 Å². The molecule has 1 aliphatic carbocycles. The van der Waals surface area contributed by atoms with Crippen molar-refractivity contribution in [2.45, 2.75) is 25.7 Å². The van der Waals surface area contributed by atoms with E-state index in [0.717, 1.165) is 32.4 Å². The van der Waals surface area contributed by atoms with Crippen LogP contribution in [0.15, 0.2) is 24.3 Å². The Morgan fingerprint density at radius 1 is 1.30 bits per heavy atom. The molecule has 23 heavy (non-hydrogen) atoms. The van der Waals surface area contributed by atoms with Crippen LogP contribution in [0.5, 0.6) is 5.75 Å². The highest BCUT2D eigenvalue weighted by atomic mass is 35.5. The summed E-state index contributed by atoms with van der Waals surface area (Å²) in [5.74, 6) is 0.534. The maximum absolute atomic E-state index is 12.3. The molecule has 128 valence electrons. The first-order valence-electron chi connectivity index (χ1n) is 7.62. The number of ether oxygens (including phenoxy) is 1. The van der Waals surface area contributed by atoms with Crippen molar-refractivity contribution in [3.05, 3.63) is 24.3 Å². The van der Waals surface area contributed by atoms with Gasteiger partial charge in [-0.3, -0.25) is 4.79 Å². The molecule has 1 aromatic rings. The van der Waals surface area contributed by atoms with Gasteiger partial charge >= 0.3 is 0 Å². The Kier molecular flexibility index (Phi) is 5.81. The van der Waals surface area contributed by atoms with E-state index in [4.69, 9.17) is 4.74 Å². The molecule has 3 rings (SSSR count). The number of amides is 1. The van der Waals surface area contributed by atoms with Crippen molar-refractivity contribution in [2.24, 2.45) is 11.3 Å². The minimum absolute atomic E-state index is 0. The first-order valence-corrected chi connectivity index (χ1v) is 7.62. The number of rotatable bonds is 5. The molecule has 2 fully saturated rings. The van der Waals surface area contributed by atoms with Crippen molar-refractivity contribution < 1.29 is 18.3 Å². The van der Waals surface area contributed by atoms with Crippen molar-refractivity contribution in [2.75, 3.05) is 25.0 Å². The number of carbonyl (C=O) groups excluding carboxylic acids is 1. The topological polar surface area (TPSA) is 50.4 Å². The van der Waals surface area contributed by atoms with Crippen LogP contribution in [0.25, 0.3) is 0 Å². The lowest BCUT2D eigenvalue weighted by molar-refractivity contribution is -0.118. The van der Waals surface area contributed by atoms with Gasteiger partial charge in [0.1, 0.15) is 12.4 Å². The summed E-state index contributed by atoms with van der Waals surface area (Å²) in [6, 6.07) is 6.53. The molecule has 1 unspecified atom stereocenters. The zero-order chi connectivity index (χ0) is 15.6. The number of hydrogen-bond donors (Lipinski definition) is 2. The molecule has 0 bridgehead atoms. The first kappa shape index (κ1) is 17.9.